The summed E-state index contributed by atoms with van der Waals surface area (Å²) in [6, 6.07) is 4.44. The van der Waals surface area contributed by atoms with Gasteiger partial charge in [-0.15, -0.1) is 0 Å². The normalized spacial score (nSPS) is 27.2. The van der Waals surface area contributed by atoms with Crippen molar-refractivity contribution in [2.24, 2.45) is 0 Å². The molecule has 108 valence electrons. The Bertz CT molecular complexity index is 508. The van der Waals surface area contributed by atoms with Crippen LogP contribution >= 0.6 is 15.9 Å². The lowest BCUT2D eigenvalue weighted by molar-refractivity contribution is 0.0151. The van der Waals surface area contributed by atoms with Crippen molar-refractivity contribution in [1.82, 2.24) is 14.8 Å². The minimum Gasteiger partial charge on any atom is -0.333 e. The van der Waals surface area contributed by atoms with Crippen LogP contribution in [-0.2, 0) is 0 Å². The maximum absolute atomic E-state index is 12.7. The molecule has 0 aliphatic carbocycles. The van der Waals surface area contributed by atoms with E-state index in [1.54, 1.807) is 12.3 Å². The summed E-state index contributed by atoms with van der Waals surface area (Å²) in [6.07, 6.45) is 5.49. The fraction of sp³-hybridized carbons (Fsp3) is 0.600. The van der Waals surface area contributed by atoms with Gasteiger partial charge in [-0.05, 0) is 54.4 Å². The molecular formula is C15H20BrN3O. The van der Waals surface area contributed by atoms with E-state index in [4.69, 9.17) is 0 Å². The Hall–Kier alpha value is -0.940. The molecular weight excluding hydrogens is 318 g/mol. The van der Waals surface area contributed by atoms with Gasteiger partial charge in [0.25, 0.3) is 5.91 Å². The van der Waals surface area contributed by atoms with Gasteiger partial charge in [-0.2, -0.15) is 0 Å². The summed E-state index contributed by atoms with van der Waals surface area (Å²) in [7, 11) is 0. The molecule has 20 heavy (non-hydrogen) atoms. The predicted molar refractivity (Wildman–Crippen MR) is 81.6 cm³/mol. The van der Waals surface area contributed by atoms with Crippen molar-refractivity contribution < 1.29 is 4.79 Å². The molecule has 5 heteroatoms. The fourth-order valence-electron chi connectivity index (χ4n) is 3.34. The zero-order valence-corrected chi connectivity index (χ0v) is 13.3. The van der Waals surface area contributed by atoms with Crippen LogP contribution < -0.4 is 0 Å². The summed E-state index contributed by atoms with van der Waals surface area (Å²) in [5, 5.41) is 0. The van der Waals surface area contributed by atoms with Crippen molar-refractivity contribution >= 4 is 21.8 Å². The lowest BCUT2D eigenvalue weighted by Gasteiger charge is -2.47. The molecule has 2 aliphatic heterocycles. The van der Waals surface area contributed by atoms with E-state index in [0.717, 1.165) is 18.7 Å². The summed E-state index contributed by atoms with van der Waals surface area (Å²) in [5.41, 5.74) is 0.725. The molecule has 1 aromatic heterocycles. The third kappa shape index (κ3) is 2.74. The largest absolute Gasteiger partial charge is 0.333 e. The highest BCUT2D eigenvalue weighted by atomic mass is 79.9. The van der Waals surface area contributed by atoms with Gasteiger partial charge in [0, 0.05) is 36.9 Å². The number of fused-ring (bicyclic) bond motifs is 1. The Labute approximate surface area is 128 Å². The van der Waals surface area contributed by atoms with Crippen LogP contribution in [0.25, 0.3) is 0 Å². The maximum Gasteiger partial charge on any atom is 0.254 e. The van der Waals surface area contributed by atoms with Gasteiger partial charge in [0.1, 0.15) is 4.60 Å². The van der Waals surface area contributed by atoms with Gasteiger partial charge in [-0.1, -0.05) is 6.42 Å². The van der Waals surface area contributed by atoms with E-state index < -0.39 is 0 Å². The van der Waals surface area contributed by atoms with Crippen molar-refractivity contribution in [3.8, 4) is 0 Å². The molecule has 2 atom stereocenters. The second kappa shape index (κ2) is 5.82. The first-order valence-electron chi connectivity index (χ1n) is 7.32. The van der Waals surface area contributed by atoms with Gasteiger partial charge in [0.15, 0.2) is 0 Å². The number of halogens is 1. The first kappa shape index (κ1) is 14.0. The summed E-state index contributed by atoms with van der Waals surface area (Å²) in [4.78, 5) is 21.4. The van der Waals surface area contributed by atoms with Crippen molar-refractivity contribution in [3.05, 3.63) is 28.5 Å². The van der Waals surface area contributed by atoms with E-state index in [1.807, 2.05) is 11.0 Å². The molecule has 3 heterocycles. The molecule has 0 radical (unpaired) electrons. The van der Waals surface area contributed by atoms with Gasteiger partial charge in [0.2, 0.25) is 0 Å². The van der Waals surface area contributed by atoms with Crippen molar-refractivity contribution in [2.75, 3.05) is 19.6 Å². The minimum atomic E-state index is 0.130. The third-order valence-electron chi connectivity index (χ3n) is 4.42. The molecule has 1 aromatic rings. The molecule has 2 unspecified atom stereocenters. The Morgan fingerprint density at radius 1 is 1.40 bits per heavy atom. The smallest absolute Gasteiger partial charge is 0.254 e. The number of piperidine rings is 1. The average Bonchev–Trinajstić information content (AvgIpc) is 2.46. The molecule has 0 N–H and O–H groups in total. The maximum atomic E-state index is 12.7. The lowest BCUT2D eigenvalue weighted by Crippen LogP contribution is -2.60. The molecule has 2 saturated heterocycles. The highest BCUT2D eigenvalue weighted by Gasteiger charge is 2.35. The van der Waals surface area contributed by atoms with Gasteiger partial charge < -0.3 is 4.90 Å². The molecule has 0 spiro atoms. The summed E-state index contributed by atoms with van der Waals surface area (Å²) in [6.45, 7) is 5.21. The molecule has 2 aliphatic rings. The number of hydrogen-bond donors (Lipinski definition) is 0. The van der Waals surface area contributed by atoms with Gasteiger partial charge in [-0.25, -0.2) is 4.98 Å². The molecule has 4 nitrogen and oxygen atoms in total. The molecule has 3 rings (SSSR count). The number of nitrogens with zero attached hydrogens (tertiary/aromatic N) is 3. The zero-order chi connectivity index (χ0) is 14.1. The summed E-state index contributed by atoms with van der Waals surface area (Å²) >= 11 is 3.33. The van der Waals surface area contributed by atoms with Crippen LogP contribution in [0, 0.1) is 0 Å². The lowest BCUT2D eigenvalue weighted by atomic mass is 9.96. The Kier molecular flexibility index (Phi) is 4.08. The second-order valence-corrected chi connectivity index (χ2v) is 6.63. The van der Waals surface area contributed by atoms with Crippen molar-refractivity contribution in [3.63, 3.8) is 0 Å². The number of carbonyl (C=O) groups is 1. The molecule has 0 bridgehead atoms. The van der Waals surface area contributed by atoms with E-state index in [0.29, 0.717) is 10.6 Å². The average molecular weight is 338 g/mol. The van der Waals surface area contributed by atoms with Crippen LogP contribution in [0.4, 0.5) is 0 Å². The number of piperazine rings is 1. The second-order valence-electron chi connectivity index (χ2n) is 5.82. The minimum absolute atomic E-state index is 0.130. The number of hydrogen-bond acceptors (Lipinski definition) is 3. The first-order valence-corrected chi connectivity index (χ1v) is 8.11. The quantitative estimate of drug-likeness (QED) is 0.739. The monoisotopic (exact) mass is 337 g/mol. The number of rotatable bonds is 1. The standard InChI is InChI=1S/C15H20BrN3O/c1-11-9-18-7-3-2-4-13(18)10-19(11)15(20)12-5-6-17-14(16)8-12/h5-6,8,11,13H,2-4,7,9-10H2,1H3. The Morgan fingerprint density at radius 3 is 3.05 bits per heavy atom. The van der Waals surface area contributed by atoms with Crippen LogP contribution in [0.5, 0.6) is 0 Å². The number of pyridine rings is 1. The first-order chi connectivity index (χ1) is 9.65. The van der Waals surface area contributed by atoms with Crippen molar-refractivity contribution in [2.45, 2.75) is 38.3 Å². The molecule has 0 aromatic carbocycles. The number of aromatic nitrogens is 1. The Morgan fingerprint density at radius 2 is 2.25 bits per heavy atom. The molecule has 2 fully saturated rings. The van der Waals surface area contributed by atoms with E-state index in [2.05, 4.69) is 32.7 Å². The number of carbonyl (C=O) groups excluding carboxylic acids is 1. The van der Waals surface area contributed by atoms with Gasteiger partial charge in [0.05, 0.1) is 0 Å². The Balaban J connectivity index is 1.77. The van der Waals surface area contributed by atoms with E-state index in [1.165, 1.54) is 25.8 Å². The zero-order valence-electron chi connectivity index (χ0n) is 11.8. The number of amides is 1. The van der Waals surface area contributed by atoms with Crippen LogP contribution in [0.1, 0.15) is 36.5 Å². The third-order valence-corrected chi connectivity index (χ3v) is 4.86. The highest BCUT2D eigenvalue weighted by Crippen LogP contribution is 2.25. The van der Waals surface area contributed by atoms with Crippen molar-refractivity contribution in [1.29, 1.82) is 0 Å². The topological polar surface area (TPSA) is 36.4 Å². The van der Waals surface area contributed by atoms with Gasteiger partial charge >= 0.3 is 0 Å². The predicted octanol–water partition coefficient (Wildman–Crippen LogP) is 2.54. The highest BCUT2D eigenvalue weighted by molar-refractivity contribution is 9.10. The van der Waals surface area contributed by atoms with Crippen LogP contribution in [-0.4, -0.2) is 52.4 Å². The van der Waals surface area contributed by atoms with E-state index in [9.17, 15) is 4.79 Å². The molecule has 1 amide bonds. The van der Waals surface area contributed by atoms with E-state index in [-0.39, 0.29) is 11.9 Å². The fourth-order valence-corrected chi connectivity index (χ4v) is 3.70. The SMILES string of the molecule is CC1CN2CCCCC2CN1C(=O)c1ccnc(Br)c1. The molecule has 0 saturated carbocycles. The van der Waals surface area contributed by atoms with E-state index >= 15 is 0 Å². The summed E-state index contributed by atoms with van der Waals surface area (Å²) in [5.74, 6) is 0.130. The van der Waals surface area contributed by atoms with Crippen LogP contribution in [0.15, 0.2) is 22.9 Å². The summed E-state index contributed by atoms with van der Waals surface area (Å²) < 4.78 is 0.715. The van der Waals surface area contributed by atoms with Crippen LogP contribution in [0.2, 0.25) is 0 Å². The van der Waals surface area contributed by atoms with Crippen LogP contribution in [0.3, 0.4) is 0 Å². The van der Waals surface area contributed by atoms with Gasteiger partial charge in [-0.3, -0.25) is 9.69 Å².